The molecule has 0 aliphatic heterocycles. The zero-order valence-electron chi connectivity index (χ0n) is 13.7. The Morgan fingerprint density at radius 1 is 1.28 bits per heavy atom. The predicted molar refractivity (Wildman–Crippen MR) is 95.3 cm³/mol. The molecular formula is C20H18ClFNO2. The summed E-state index contributed by atoms with van der Waals surface area (Å²) in [5, 5.41) is 1.01. The maximum Gasteiger partial charge on any atom is 0.278 e. The number of rotatable bonds is 4. The molecule has 0 unspecified atom stereocenters. The van der Waals surface area contributed by atoms with Crippen LogP contribution >= 0.6 is 11.6 Å². The number of ether oxygens (including phenoxy) is 1. The van der Waals surface area contributed by atoms with Gasteiger partial charge in [-0.1, -0.05) is 36.6 Å². The molecule has 25 heavy (non-hydrogen) atoms. The number of benzene rings is 1. The lowest BCUT2D eigenvalue weighted by Gasteiger charge is -2.21. The molecule has 4 rings (SSSR count). The van der Waals surface area contributed by atoms with Crippen molar-refractivity contribution in [1.29, 1.82) is 0 Å². The molecule has 129 valence electrons. The van der Waals surface area contributed by atoms with Gasteiger partial charge in [-0.15, -0.1) is 0 Å². The molecule has 1 aromatic carbocycles. The minimum absolute atomic E-state index is 0.244. The zero-order valence-corrected chi connectivity index (χ0v) is 14.4. The molecule has 3 aromatic rings. The summed E-state index contributed by atoms with van der Waals surface area (Å²) in [6, 6.07) is 10.0. The maximum absolute atomic E-state index is 13.4. The van der Waals surface area contributed by atoms with Gasteiger partial charge in [0, 0.05) is 34.7 Å². The molecule has 0 saturated heterocycles. The number of aromatic nitrogens is 1. The number of fused-ring (bicyclic) bond motifs is 1. The number of pyridine rings is 1. The Hall–Kier alpha value is -2.07. The second kappa shape index (κ2) is 7.04. The first-order valence-corrected chi connectivity index (χ1v) is 8.86. The van der Waals surface area contributed by atoms with Crippen LogP contribution in [0.2, 0.25) is 5.02 Å². The lowest BCUT2D eigenvalue weighted by atomic mass is 9.87. The molecule has 0 N–H and O–H groups in total. The third-order valence-electron chi connectivity index (χ3n) is 4.63. The summed E-state index contributed by atoms with van der Waals surface area (Å²) < 4.78 is 24.4. The van der Waals surface area contributed by atoms with Gasteiger partial charge in [-0.05, 0) is 31.4 Å². The van der Waals surface area contributed by atoms with Crippen molar-refractivity contribution in [2.24, 2.45) is 0 Å². The Morgan fingerprint density at radius 3 is 3.04 bits per heavy atom. The summed E-state index contributed by atoms with van der Waals surface area (Å²) in [6.07, 6.45) is 6.97. The van der Waals surface area contributed by atoms with E-state index in [0.717, 1.165) is 24.1 Å². The van der Waals surface area contributed by atoms with E-state index in [0.29, 0.717) is 27.8 Å². The van der Waals surface area contributed by atoms with E-state index < -0.39 is 6.01 Å². The van der Waals surface area contributed by atoms with Crippen molar-refractivity contribution in [3.8, 4) is 5.88 Å². The average molecular weight is 359 g/mol. The van der Waals surface area contributed by atoms with E-state index in [9.17, 15) is 4.39 Å². The fourth-order valence-corrected chi connectivity index (χ4v) is 3.54. The van der Waals surface area contributed by atoms with Crippen molar-refractivity contribution in [3.05, 3.63) is 65.1 Å². The third kappa shape index (κ3) is 3.49. The van der Waals surface area contributed by atoms with Crippen molar-refractivity contribution >= 4 is 22.6 Å². The van der Waals surface area contributed by atoms with Gasteiger partial charge in [-0.25, -0.2) is 4.98 Å². The largest absolute Gasteiger partial charge is 0.473 e. The molecule has 0 bridgehead atoms. The van der Waals surface area contributed by atoms with Crippen LogP contribution in [0.1, 0.15) is 42.9 Å². The number of hydrogen-bond acceptors (Lipinski definition) is 3. The van der Waals surface area contributed by atoms with Gasteiger partial charge < -0.3 is 9.15 Å². The molecule has 3 nitrogen and oxygen atoms in total. The highest BCUT2D eigenvalue weighted by Crippen LogP contribution is 2.32. The molecule has 1 aliphatic rings. The van der Waals surface area contributed by atoms with Crippen LogP contribution in [0.25, 0.3) is 11.0 Å². The fourth-order valence-electron chi connectivity index (χ4n) is 3.33. The van der Waals surface area contributed by atoms with E-state index >= 15 is 0 Å². The van der Waals surface area contributed by atoms with E-state index in [-0.39, 0.29) is 6.61 Å². The average Bonchev–Trinajstić information content (AvgIpc) is 3.05. The Bertz CT molecular complexity index is 887. The molecule has 1 fully saturated rings. The van der Waals surface area contributed by atoms with Crippen LogP contribution in [0.15, 0.2) is 40.8 Å². The monoisotopic (exact) mass is 358 g/mol. The molecule has 1 saturated carbocycles. The minimum atomic E-state index is -0.655. The minimum Gasteiger partial charge on any atom is -0.473 e. The highest BCUT2D eigenvalue weighted by Gasteiger charge is 2.17. The SMILES string of the molecule is Fc1cc2c(Cl)ccc(COc3cccc([C@@H]4C[CH]CCC4)n3)c2o1. The number of nitrogens with zero attached hydrogens (tertiary/aromatic N) is 1. The van der Waals surface area contributed by atoms with E-state index in [2.05, 4.69) is 17.5 Å². The highest BCUT2D eigenvalue weighted by molar-refractivity contribution is 6.35. The maximum atomic E-state index is 13.4. The first kappa shape index (κ1) is 16.4. The topological polar surface area (TPSA) is 35.3 Å². The van der Waals surface area contributed by atoms with Gasteiger partial charge in [0.25, 0.3) is 6.01 Å². The quantitative estimate of drug-likeness (QED) is 0.568. The van der Waals surface area contributed by atoms with E-state index in [4.69, 9.17) is 20.8 Å². The molecule has 0 spiro atoms. The van der Waals surface area contributed by atoms with Crippen LogP contribution in [0, 0.1) is 12.4 Å². The van der Waals surface area contributed by atoms with Crippen LogP contribution in [-0.2, 0) is 6.61 Å². The molecule has 2 heterocycles. The van der Waals surface area contributed by atoms with Crippen molar-refractivity contribution in [3.63, 3.8) is 0 Å². The normalized spacial score (nSPS) is 15.6. The Kier molecular flexibility index (Phi) is 4.62. The van der Waals surface area contributed by atoms with Gasteiger partial charge in [-0.2, -0.15) is 4.39 Å². The van der Waals surface area contributed by atoms with Crippen molar-refractivity contribution in [1.82, 2.24) is 4.98 Å². The van der Waals surface area contributed by atoms with Gasteiger partial charge in [0.2, 0.25) is 5.88 Å². The van der Waals surface area contributed by atoms with Crippen molar-refractivity contribution < 1.29 is 13.5 Å². The second-order valence-corrected chi connectivity index (χ2v) is 6.75. The first-order chi connectivity index (χ1) is 12.2. The van der Waals surface area contributed by atoms with Crippen LogP contribution in [0.5, 0.6) is 5.88 Å². The number of furan rings is 1. The van der Waals surface area contributed by atoms with E-state index in [1.165, 1.54) is 18.9 Å². The standard InChI is InChI=1S/C20H18ClFNO2/c21-16-10-9-14(20-15(16)11-18(22)25-20)12-24-19-8-4-7-17(23-19)13-5-2-1-3-6-13/h2,4,7-11,13H,1,3,5-6,12H2/t13-/m1/s1. The van der Waals surface area contributed by atoms with Gasteiger partial charge >= 0.3 is 0 Å². The molecule has 5 heteroatoms. The molecular weight excluding hydrogens is 341 g/mol. The number of hydrogen-bond donors (Lipinski definition) is 0. The van der Waals surface area contributed by atoms with Gasteiger partial charge in [0.15, 0.2) is 0 Å². The summed E-state index contributed by atoms with van der Waals surface area (Å²) in [6.45, 7) is 0.244. The summed E-state index contributed by atoms with van der Waals surface area (Å²) in [4.78, 5) is 4.64. The fraction of sp³-hybridized carbons (Fsp3) is 0.300. The molecule has 0 amide bonds. The summed E-state index contributed by atoms with van der Waals surface area (Å²) >= 11 is 6.08. The summed E-state index contributed by atoms with van der Waals surface area (Å²) in [7, 11) is 0. The van der Waals surface area contributed by atoms with E-state index in [1.807, 2.05) is 12.1 Å². The van der Waals surface area contributed by atoms with Crippen LogP contribution in [-0.4, -0.2) is 4.98 Å². The van der Waals surface area contributed by atoms with Crippen LogP contribution in [0.3, 0.4) is 0 Å². The Labute approximate surface area is 150 Å². The molecule has 1 aliphatic carbocycles. The molecule has 1 radical (unpaired) electrons. The van der Waals surface area contributed by atoms with Crippen LogP contribution in [0.4, 0.5) is 4.39 Å². The predicted octanol–water partition coefficient (Wildman–Crippen LogP) is 6.06. The highest BCUT2D eigenvalue weighted by atomic mass is 35.5. The van der Waals surface area contributed by atoms with Gasteiger partial charge in [-0.3, -0.25) is 0 Å². The van der Waals surface area contributed by atoms with Gasteiger partial charge in [0.1, 0.15) is 12.2 Å². The second-order valence-electron chi connectivity index (χ2n) is 6.34. The first-order valence-electron chi connectivity index (χ1n) is 8.48. The lowest BCUT2D eigenvalue weighted by molar-refractivity contribution is 0.290. The Balaban J connectivity index is 1.53. The molecule has 2 aromatic heterocycles. The zero-order chi connectivity index (χ0) is 17.2. The smallest absolute Gasteiger partial charge is 0.278 e. The Morgan fingerprint density at radius 2 is 2.20 bits per heavy atom. The van der Waals surface area contributed by atoms with Crippen molar-refractivity contribution in [2.75, 3.05) is 0 Å². The van der Waals surface area contributed by atoms with Crippen LogP contribution < -0.4 is 4.74 Å². The third-order valence-corrected chi connectivity index (χ3v) is 4.96. The van der Waals surface area contributed by atoms with Crippen molar-refractivity contribution in [2.45, 2.75) is 38.2 Å². The molecule has 1 atom stereocenters. The number of halogens is 2. The summed E-state index contributed by atoms with van der Waals surface area (Å²) in [5.41, 5.74) is 2.23. The van der Waals surface area contributed by atoms with Gasteiger partial charge in [0.05, 0.1) is 5.02 Å². The lowest BCUT2D eigenvalue weighted by Crippen LogP contribution is -2.07. The van der Waals surface area contributed by atoms with E-state index in [1.54, 1.807) is 12.1 Å². The summed E-state index contributed by atoms with van der Waals surface area (Å²) in [5.74, 6) is 1.04.